The maximum absolute atomic E-state index is 11.5. The van der Waals surface area contributed by atoms with E-state index in [2.05, 4.69) is 5.32 Å². The third-order valence-electron chi connectivity index (χ3n) is 3.53. The second kappa shape index (κ2) is 7.30. The second-order valence-corrected chi connectivity index (χ2v) is 5.09. The lowest BCUT2D eigenvalue weighted by atomic mass is 9.86. The topological polar surface area (TPSA) is 66.4 Å². The van der Waals surface area contributed by atoms with Gasteiger partial charge in [0.2, 0.25) is 5.91 Å². The first-order valence-corrected chi connectivity index (χ1v) is 6.59. The number of rotatable bonds is 6. The summed E-state index contributed by atoms with van der Waals surface area (Å²) in [7, 11) is 0. The Morgan fingerprint density at radius 1 is 1.29 bits per heavy atom. The van der Waals surface area contributed by atoms with E-state index in [0.717, 1.165) is 6.42 Å². The molecule has 1 amide bonds. The van der Waals surface area contributed by atoms with Crippen LogP contribution in [0.5, 0.6) is 0 Å². The highest BCUT2D eigenvalue weighted by Crippen LogP contribution is 2.27. The number of aliphatic carboxylic acids is 1. The predicted octanol–water partition coefficient (Wildman–Crippen LogP) is 2.18. The van der Waals surface area contributed by atoms with Crippen LogP contribution in [0.4, 0.5) is 0 Å². The summed E-state index contributed by atoms with van der Waals surface area (Å²) in [4.78, 5) is 22.1. The van der Waals surface area contributed by atoms with Crippen molar-refractivity contribution in [2.45, 2.75) is 51.9 Å². The standard InChI is InChI=1S/C13H23NO3/c1-10(13(16)17)9-14-12(15)8-7-11-5-3-2-4-6-11/h10-11H,2-9H2,1H3,(H,14,15)(H,16,17). The predicted molar refractivity (Wildman–Crippen MR) is 65.6 cm³/mol. The quantitative estimate of drug-likeness (QED) is 0.749. The highest BCUT2D eigenvalue weighted by Gasteiger charge is 2.16. The lowest BCUT2D eigenvalue weighted by Gasteiger charge is -2.21. The summed E-state index contributed by atoms with van der Waals surface area (Å²) >= 11 is 0. The minimum atomic E-state index is -0.863. The zero-order valence-electron chi connectivity index (χ0n) is 10.6. The Kier molecular flexibility index (Phi) is 6.01. The number of carbonyl (C=O) groups is 2. The van der Waals surface area contributed by atoms with E-state index in [1.807, 2.05) is 0 Å². The van der Waals surface area contributed by atoms with Gasteiger partial charge in [0.25, 0.3) is 0 Å². The summed E-state index contributed by atoms with van der Waals surface area (Å²) in [6, 6.07) is 0. The SMILES string of the molecule is CC(CNC(=O)CCC1CCCCC1)C(=O)O. The molecular weight excluding hydrogens is 218 g/mol. The lowest BCUT2D eigenvalue weighted by Crippen LogP contribution is -2.31. The van der Waals surface area contributed by atoms with Crippen LogP contribution in [0.25, 0.3) is 0 Å². The third-order valence-corrected chi connectivity index (χ3v) is 3.53. The number of carboxylic acids is 1. The zero-order valence-corrected chi connectivity index (χ0v) is 10.6. The molecule has 0 radical (unpaired) electrons. The van der Waals surface area contributed by atoms with Gasteiger partial charge in [-0.3, -0.25) is 9.59 Å². The largest absolute Gasteiger partial charge is 0.481 e. The van der Waals surface area contributed by atoms with Crippen molar-refractivity contribution in [1.82, 2.24) is 5.32 Å². The molecule has 4 nitrogen and oxygen atoms in total. The molecule has 0 aromatic rings. The second-order valence-electron chi connectivity index (χ2n) is 5.09. The van der Waals surface area contributed by atoms with E-state index in [1.165, 1.54) is 32.1 Å². The maximum Gasteiger partial charge on any atom is 0.308 e. The Hall–Kier alpha value is -1.06. The molecule has 0 aliphatic heterocycles. The van der Waals surface area contributed by atoms with Gasteiger partial charge in [0.1, 0.15) is 0 Å². The first-order valence-electron chi connectivity index (χ1n) is 6.59. The van der Waals surface area contributed by atoms with E-state index in [9.17, 15) is 9.59 Å². The zero-order chi connectivity index (χ0) is 12.7. The molecule has 98 valence electrons. The number of amides is 1. The van der Waals surface area contributed by atoms with Crippen LogP contribution < -0.4 is 5.32 Å². The van der Waals surface area contributed by atoms with E-state index < -0.39 is 11.9 Å². The summed E-state index contributed by atoms with van der Waals surface area (Å²) in [5.41, 5.74) is 0. The Bertz CT molecular complexity index is 259. The summed E-state index contributed by atoms with van der Waals surface area (Å²) in [5, 5.41) is 11.4. The van der Waals surface area contributed by atoms with Crippen molar-refractivity contribution in [2.75, 3.05) is 6.54 Å². The van der Waals surface area contributed by atoms with Crippen LogP contribution in [0, 0.1) is 11.8 Å². The number of nitrogens with one attached hydrogen (secondary N) is 1. The molecule has 2 N–H and O–H groups in total. The molecule has 1 unspecified atom stereocenters. The maximum atomic E-state index is 11.5. The molecule has 17 heavy (non-hydrogen) atoms. The molecule has 1 rings (SSSR count). The minimum absolute atomic E-state index is 0.0105. The summed E-state index contributed by atoms with van der Waals surface area (Å²) in [6.07, 6.45) is 7.91. The Morgan fingerprint density at radius 2 is 1.94 bits per heavy atom. The smallest absolute Gasteiger partial charge is 0.308 e. The van der Waals surface area contributed by atoms with E-state index in [0.29, 0.717) is 12.3 Å². The van der Waals surface area contributed by atoms with Crippen LogP contribution in [-0.2, 0) is 9.59 Å². The van der Waals surface area contributed by atoms with Crippen LogP contribution in [0.15, 0.2) is 0 Å². The van der Waals surface area contributed by atoms with Crippen LogP contribution in [0.1, 0.15) is 51.9 Å². The van der Waals surface area contributed by atoms with Gasteiger partial charge >= 0.3 is 5.97 Å². The van der Waals surface area contributed by atoms with E-state index >= 15 is 0 Å². The van der Waals surface area contributed by atoms with Crippen LogP contribution in [0.2, 0.25) is 0 Å². The van der Waals surface area contributed by atoms with Gasteiger partial charge in [0.15, 0.2) is 0 Å². The van der Waals surface area contributed by atoms with Crippen LogP contribution in [-0.4, -0.2) is 23.5 Å². The molecule has 1 atom stereocenters. The van der Waals surface area contributed by atoms with Gasteiger partial charge in [-0.1, -0.05) is 39.0 Å². The summed E-state index contributed by atoms with van der Waals surface area (Å²) < 4.78 is 0. The van der Waals surface area contributed by atoms with Gasteiger partial charge in [0.05, 0.1) is 5.92 Å². The molecule has 0 aromatic heterocycles. The first kappa shape index (κ1) is 14.0. The van der Waals surface area contributed by atoms with Crippen molar-refractivity contribution in [3.05, 3.63) is 0 Å². The number of carbonyl (C=O) groups excluding carboxylic acids is 1. The highest BCUT2D eigenvalue weighted by atomic mass is 16.4. The van der Waals surface area contributed by atoms with Gasteiger partial charge < -0.3 is 10.4 Å². The van der Waals surface area contributed by atoms with Gasteiger partial charge in [-0.2, -0.15) is 0 Å². The van der Waals surface area contributed by atoms with E-state index in [4.69, 9.17) is 5.11 Å². The molecule has 0 heterocycles. The fourth-order valence-corrected chi connectivity index (χ4v) is 2.25. The van der Waals surface area contributed by atoms with Gasteiger partial charge in [-0.05, 0) is 12.3 Å². The normalized spacial score (nSPS) is 18.6. The third kappa shape index (κ3) is 5.71. The minimum Gasteiger partial charge on any atom is -0.481 e. The molecule has 1 fully saturated rings. The molecule has 4 heteroatoms. The van der Waals surface area contributed by atoms with Gasteiger partial charge in [-0.25, -0.2) is 0 Å². The summed E-state index contributed by atoms with van der Waals surface area (Å²) in [6.45, 7) is 1.84. The molecule has 1 aliphatic carbocycles. The Labute approximate surface area is 103 Å². The Morgan fingerprint density at radius 3 is 2.53 bits per heavy atom. The lowest BCUT2D eigenvalue weighted by molar-refractivity contribution is -0.141. The van der Waals surface area contributed by atoms with Crippen LogP contribution >= 0.6 is 0 Å². The van der Waals surface area contributed by atoms with Crippen molar-refractivity contribution in [1.29, 1.82) is 0 Å². The summed E-state index contributed by atoms with van der Waals surface area (Å²) in [5.74, 6) is -0.679. The van der Waals surface area contributed by atoms with Crippen molar-refractivity contribution >= 4 is 11.9 Å². The fourth-order valence-electron chi connectivity index (χ4n) is 2.25. The monoisotopic (exact) mass is 241 g/mol. The molecule has 0 spiro atoms. The van der Waals surface area contributed by atoms with Crippen molar-refractivity contribution < 1.29 is 14.7 Å². The van der Waals surface area contributed by atoms with Crippen molar-refractivity contribution in [2.24, 2.45) is 11.8 Å². The molecule has 0 aromatic carbocycles. The molecule has 0 saturated heterocycles. The van der Waals surface area contributed by atoms with Gasteiger partial charge in [0, 0.05) is 13.0 Å². The highest BCUT2D eigenvalue weighted by molar-refractivity contribution is 5.77. The molecule has 1 saturated carbocycles. The first-order chi connectivity index (χ1) is 8.09. The molecular formula is C13H23NO3. The van der Waals surface area contributed by atoms with Gasteiger partial charge in [-0.15, -0.1) is 0 Å². The average Bonchev–Trinajstić information content (AvgIpc) is 2.34. The molecule has 0 bridgehead atoms. The molecule has 1 aliphatic rings. The van der Waals surface area contributed by atoms with Crippen molar-refractivity contribution in [3.8, 4) is 0 Å². The average molecular weight is 241 g/mol. The number of hydrogen-bond acceptors (Lipinski definition) is 2. The van der Waals surface area contributed by atoms with Crippen LogP contribution in [0.3, 0.4) is 0 Å². The van der Waals surface area contributed by atoms with E-state index in [1.54, 1.807) is 6.92 Å². The van der Waals surface area contributed by atoms with Crippen molar-refractivity contribution in [3.63, 3.8) is 0 Å². The number of hydrogen-bond donors (Lipinski definition) is 2. The van der Waals surface area contributed by atoms with E-state index in [-0.39, 0.29) is 12.5 Å². The Balaban J connectivity index is 2.10. The fraction of sp³-hybridized carbons (Fsp3) is 0.846. The number of carboxylic acid groups (broad SMARTS) is 1.